The number of carboxylic acids is 1. The Hall–Kier alpha value is -1.75. The van der Waals surface area contributed by atoms with Gasteiger partial charge in [-0.25, -0.2) is 0 Å². The van der Waals surface area contributed by atoms with Crippen LogP contribution in [0.2, 0.25) is 0 Å². The minimum Gasteiger partial charge on any atom is -0.480 e. The summed E-state index contributed by atoms with van der Waals surface area (Å²) >= 11 is 5.75. The van der Waals surface area contributed by atoms with E-state index in [0.29, 0.717) is 17.0 Å². The fourth-order valence-corrected chi connectivity index (χ4v) is 1.96. The molecular formula is C12H12ClNO4. The molecule has 0 bridgehead atoms. The average Bonchev–Trinajstić information content (AvgIpc) is 2.35. The van der Waals surface area contributed by atoms with Crippen molar-refractivity contribution in [2.45, 2.75) is 18.4 Å². The molecule has 1 aliphatic rings. The van der Waals surface area contributed by atoms with Gasteiger partial charge in [-0.05, 0) is 24.6 Å². The smallest absolute Gasteiger partial charge is 0.326 e. The highest BCUT2D eigenvalue weighted by Gasteiger charge is 2.30. The van der Waals surface area contributed by atoms with Gasteiger partial charge in [0.1, 0.15) is 5.75 Å². The Morgan fingerprint density at radius 3 is 2.83 bits per heavy atom. The summed E-state index contributed by atoms with van der Waals surface area (Å²) in [4.78, 5) is 24.0. The van der Waals surface area contributed by atoms with Crippen molar-refractivity contribution in [1.29, 1.82) is 0 Å². The van der Waals surface area contributed by atoms with E-state index in [2.05, 4.69) is 0 Å². The van der Waals surface area contributed by atoms with Gasteiger partial charge in [-0.2, -0.15) is 0 Å². The molecule has 18 heavy (non-hydrogen) atoms. The van der Waals surface area contributed by atoms with Crippen LogP contribution in [0.25, 0.3) is 0 Å². The molecule has 1 amide bonds. The molecule has 1 heterocycles. The first-order valence-corrected chi connectivity index (χ1v) is 5.80. The van der Waals surface area contributed by atoms with Crippen LogP contribution in [0.5, 0.6) is 5.75 Å². The highest BCUT2D eigenvalue weighted by atomic mass is 35.5. The SMILES string of the molecule is CC1Oc2ccc(C(Cl)C(=O)O)cc2N(C)C1=O. The number of hydrogen-bond donors (Lipinski definition) is 1. The highest BCUT2D eigenvalue weighted by molar-refractivity contribution is 6.29. The molecule has 5 nitrogen and oxygen atoms in total. The zero-order chi connectivity index (χ0) is 13.4. The number of ether oxygens (including phenoxy) is 1. The van der Waals surface area contributed by atoms with E-state index >= 15 is 0 Å². The maximum atomic E-state index is 11.8. The number of anilines is 1. The summed E-state index contributed by atoms with van der Waals surface area (Å²) < 4.78 is 5.43. The van der Waals surface area contributed by atoms with Gasteiger partial charge in [-0.15, -0.1) is 11.6 Å². The maximum absolute atomic E-state index is 11.8. The summed E-state index contributed by atoms with van der Waals surface area (Å²) in [5.74, 6) is -0.764. The number of aliphatic carboxylic acids is 1. The van der Waals surface area contributed by atoms with Crippen LogP contribution >= 0.6 is 11.6 Å². The van der Waals surface area contributed by atoms with E-state index < -0.39 is 17.5 Å². The van der Waals surface area contributed by atoms with Crippen molar-refractivity contribution in [3.8, 4) is 5.75 Å². The molecule has 0 aromatic heterocycles. The number of fused-ring (bicyclic) bond motifs is 1. The van der Waals surface area contributed by atoms with E-state index in [-0.39, 0.29) is 5.91 Å². The lowest BCUT2D eigenvalue weighted by Gasteiger charge is -2.30. The fourth-order valence-electron chi connectivity index (χ4n) is 1.83. The van der Waals surface area contributed by atoms with Gasteiger partial charge in [-0.3, -0.25) is 9.59 Å². The summed E-state index contributed by atoms with van der Waals surface area (Å²) in [5.41, 5.74) is 0.947. The van der Waals surface area contributed by atoms with Crippen LogP contribution in [-0.4, -0.2) is 30.1 Å². The van der Waals surface area contributed by atoms with Crippen LogP contribution < -0.4 is 9.64 Å². The number of alkyl halides is 1. The molecule has 0 saturated heterocycles. The molecule has 1 N–H and O–H groups in total. The summed E-state index contributed by atoms with van der Waals surface area (Å²) in [7, 11) is 1.62. The standard InChI is InChI=1S/C12H12ClNO4/c1-6-11(15)14(2)8-5-7(10(13)12(16)17)3-4-9(8)18-6/h3-6,10H,1-2H3,(H,16,17). The summed E-state index contributed by atoms with van der Waals surface area (Å²) in [5, 5.41) is 7.72. The predicted octanol–water partition coefficient (Wildman–Crippen LogP) is 1.79. The Kier molecular flexibility index (Phi) is 3.17. The third kappa shape index (κ3) is 2.01. The molecule has 0 spiro atoms. The largest absolute Gasteiger partial charge is 0.480 e. The van der Waals surface area contributed by atoms with Crippen LogP contribution in [0.15, 0.2) is 18.2 Å². The first-order chi connectivity index (χ1) is 8.41. The normalized spacial score (nSPS) is 20.1. The number of carbonyl (C=O) groups is 2. The first kappa shape index (κ1) is 12.7. The number of benzene rings is 1. The fraction of sp³-hybridized carbons (Fsp3) is 0.333. The van der Waals surface area contributed by atoms with E-state index in [1.165, 1.54) is 4.90 Å². The molecule has 0 radical (unpaired) electrons. The second-order valence-electron chi connectivity index (χ2n) is 4.09. The molecule has 2 rings (SSSR count). The molecule has 0 saturated carbocycles. The number of nitrogens with zero attached hydrogens (tertiary/aromatic N) is 1. The monoisotopic (exact) mass is 269 g/mol. The Morgan fingerprint density at radius 1 is 1.56 bits per heavy atom. The number of carbonyl (C=O) groups excluding carboxylic acids is 1. The molecule has 0 fully saturated rings. The number of hydrogen-bond acceptors (Lipinski definition) is 3. The minimum absolute atomic E-state index is 0.180. The molecule has 2 atom stereocenters. The Morgan fingerprint density at radius 2 is 2.22 bits per heavy atom. The van der Waals surface area contributed by atoms with Crippen LogP contribution in [0.4, 0.5) is 5.69 Å². The molecular weight excluding hydrogens is 258 g/mol. The molecule has 1 aromatic carbocycles. The summed E-state index contributed by atoms with van der Waals surface area (Å²) in [6.07, 6.45) is -0.542. The highest BCUT2D eigenvalue weighted by Crippen LogP contribution is 2.36. The second-order valence-corrected chi connectivity index (χ2v) is 4.52. The maximum Gasteiger partial charge on any atom is 0.326 e. The predicted molar refractivity (Wildman–Crippen MR) is 66.2 cm³/mol. The van der Waals surface area contributed by atoms with Crippen molar-refractivity contribution in [3.05, 3.63) is 23.8 Å². The summed E-state index contributed by atoms with van der Waals surface area (Å²) in [6.45, 7) is 1.66. The number of halogens is 1. The van der Waals surface area contributed by atoms with Crippen molar-refractivity contribution in [1.82, 2.24) is 0 Å². The van der Waals surface area contributed by atoms with Crippen LogP contribution in [0.1, 0.15) is 17.9 Å². The zero-order valence-electron chi connectivity index (χ0n) is 9.88. The van der Waals surface area contributed by atoms with E-state index in [0.717, 1.165) is 0 Å². The van der Waals surface area contributed by atoms with Gasteiger partial charge in [0.15, 0.2) is 11.5 Å². The van der Waals surface area contributed by atoms with Crippen molar-refractivity contribution >= 4 is 29.2 Å². The third-order valence-corrected chi connectivity index (χ3v) is 3.27. The Bertz CT molecular complexity index is 517. The second kappa shape index (κ2) is 4.49. The molecule has 1 aliphatic heterocycles. The molecule has 0 aliphatic carbocycles. The van der Waals surface area contributed by atoms with Gasteiger partial charge in [0.25, 0.3) is 5.91 Å². The minimum atomic E-state index is -1.14. The zero-order valence-corrected chi connectivity index (χ0v) is 10.6. The average molecular weight is 270 g/mol. The van der Waals surface area contributed by atoms with Gasteiger partial charge in [0.2, 0.25) is 0 Å². The van der Waals surface area contributed by atoms with Gasteiger partial charge in [0, 0.05) is 7.05 Å². The van der Waals surface area contributed by atoms with Crippen molar-refractivity contribution in [2.24, 2.45) is 0 Å². The molecule has 1 aromatic rings. The number of likely N-dealkylation sites (N-methyl/N-ethyl adjacent to an activating group) is 1. The van der Waals surface area contributed by atoms with E-state index in [4.69, 9.17) is 21.4 Å². The lowest BCUT2D eigenvalue weighted by Crippen LogP contribution is -2.42. The van der Waals surface area contributed by atoms with E-state index in [1.54, 1.807) is 32.2 Å². The van der Waals surface area contributed by atoms with Gasteiger partial charge < -0.3 is 14.7 Å². The van der Waals surface area contributed by atoms with Crippen molar-refractivity contribution < 1.29 is 19.4 Å². The van der Waals surface area contributed by atoms with Crippen LogP contribution in [0, 0.1) is 0 Å². The number of carboxylic acid groups (broad SMARTS) is 1. The van der Waals surface area contributed by atoms with Gasteiger partial charge in [-0.1, -0.05) is 6.07 Å². The molecule has 6 heteroatoms. The Labute approximate surface area is 109 Å². The first-order valence-electron chi connectivity index (χ1n) is 5.37. The summed E-state index contributed by atoms with van der Waals surface area (Å²) in [6, 6.07) is 4.77. The van der Waals surface area contributed by atoms with Gasteiger partial charge >= 0.3 is 5.97 Å². The third-order valence-electron chi connectivity index (χ3n) is 2.84. The van der Waals surface area contributed by atoms with Crippen molar-refractivity contribution in [2.75, 3.05) is 11.9 Å². The van der Waals surface area contributed by atoms with Crippen molar-refractivity contribution in [3.63, 3.8) is 0 Å². The number of rotatable bonds is 2. The molecule has 2 unspecified atom stereocenters. The lowest BCUT2D eigenvalue weighted by atomic mass is 10.1. The number of amides is 1. The van der Waals surface area contributed by atoms with E-state index in [9.17, 15) is 9.59 Å². The molecule has 96 valence electrons. The van der Waals surface area contributed by atoms with Crippen LogP contribution in [0.3, 0.4) is 0 Å². The van der Waals surface area contributed by atoms with Crippen LogP contribution in [-0.2, 0) is 9.59 Å². The lowest BCUT2D eigenvalue weighted by molar-refractivity contribution is -0.136. The topological polar surface area (TPSA) is 66.8 Å². The van der Waals surface area contributed by atoms with E-state index in [1.807, 2.05) is 0 Å². The van der Waals surface area contributed by atoms with Gasteiger partial charge in [0.05, 0.1) is 5.69 Å². The Balaban J connectivity index is 2.43. The quantitative estimate of drug-likeness (QED) is 0.832.